The van der Waals surface area contributed by atoms with E-state index < -0.39 is 17.9 Å². The minimum absolute atomic E-state index is 0.269. The van der Waals surface area contributed by atoms with Crippen molar-refractivity contribution in [2.24, 2.45) is 5.92 Å². The number of carbonyl (C=O) groups is 1. The van der Waals surface area contributed by atoms with Crippen molar-refractivity contribution in [3.8, 4) is 0 Å². The van der Waals surface area contributed by atoms with Crippen LogP contribution >= 0.6 is 0 Å². The third-order valence-electron chi connectivity index (χ3n) is 3.22. The lowest BCUT2D eigenvalue weighted by molar-refractivity contribution is -0.113. The van der Waals surface area contributed by atoms with Crippen molar-refractivity contribution in [3.05, 3.63) is 12.2 Å². The lowest BCUT2D eigenvalue weighted by Gasteiger charge is -2.40. The zero-order valence-corrected chi connectivity index (χ0v) is 9.19. The molecule has 4 heteroatoms. The summed E-state index contributed by atoms with van der Waals surface area (Å²) < 4.78 is 4.76. The minimum atomic E-state index is -1.33. The van der Waals surface area contributed by atoms with E-state index in [2.05, 4.69) is 6.58 Å². The summed E-state index contributed by atoms with van der Waals surface area (Å²) in [7, 11) is 0. The van der Waals surface area contributed by atoms with E-state index in [1.165, 1.54) is 0 Å². The number of rotatable bonds is 2. The van der Waals surface area contributed by atoms with Crippen LogP contribution in [-0.2, 0) is 4.74 Å². The first-order chi connectivity index (χ1) is 6.85. The molecule has 0 aromatic heterocycles. The van der Waals surface area contributed by atoms with Crippen molar-refractivity contribution in [1.29, 1.82) is 0 Å². The van der Waals surface area contributed by atoms with Crippen molar-refractivity contribution < 1.29 is 19.7 Å². The zero-order valence-electron chi connectivity index (χ0n) is 9.19. The van der Waals surface area contributed by atoms with E-state index in [1.807, 2.05) is 6.92 Å². The standard InChI is InChI=1S/C11H18O4/c1-7(2)8-4-5-11(3,9(12)6-8)15-10(13)14/h8-9,12H,1,4-6H2,2-3H3,(H,13,14). The fourth-order valence-electron chi connectivity index (χ4n) is 2.03. The van der Waals surface area contributed by atoms with Crippen LogP contribution in [0.3, 0.4) is 0 Å². The largest absolute Gasteiger partial charge is 0.506 e. The molecule has 15 heavy (non-hydrogen) atoms. The predicted molar refractivity (Wildman–Crippen MR) is 55.7 cm³/mol. The number of carboxylic acid groups (broad SMARTS) is 1. The maximum absolute atomic E-state index is 10.5. The molecule has 1 saturated carbocycles. The van der Waals surface area contributed by atoms with E-state index in [0.717, 1.165) is 12.0 Å². The van der Waals surface area contributed by atoms with Crippen molar-refractivity contribution in [1.82, 2.24) is 0 Å². The van der Waals surface area contributed by atoms with Gasteiger partial charge in [-0.1, -0.05) is 12.2 Å². The molecule has 4 nitrogen and oxygen atoms in total. The Kier molecular flexibility index (Phi) is 3.39. The summed E-state index contributed by atoms with van der Waals surface area (Å²) in [5, 5.41) is 18.4. The van der Waals surface area contributed by atoms with Gasteiger partial charge in [0.15, 0.2) is 0 Å². The van der Waals surface area contributed by atoms with Gasteiger partial charge in [0.1, 0.15) is 5.60 Å². The van der Waals surface area contributed by atoms with Crippen LogP contribution in [0.5, 0.6) is 0 Å². The SMILES string of the molecule is C=C(C)C1CCC(C)(OC(=O)O)C(O)C1. The smallest absolute Gasteiger partial charge is 0.450 e. The molecule has 0 radical (unpaired) electrons. The molecule has 1 aliphatic carbocycles. The quantitative estimate of drug-likeness (QED) is 0.546. The van der Waals surface area contributed by atoms with Gasteiger partial charge in [-0.15, -0.1) is 0 Å². The van der Waals surface area contributed by atoms with E-state index in [1.54, 1.807) is 6.92 Å². The lowest BCUT2D eigenvalue weighted by atomic mass is 9.75. The Morgan fingerprint density at radius 2 is 2.20 bits per heavy atom. The van der Waals surface area contributed by atoms with Gasteiger partial charge >= 0.3 is 6.16 Å². The van der Waals surface area contributed by atoms with Gasteiger partial charge in [0.25, 0.3) is 0 Å². The highest BCUT2D eigenvalue weighted by Crippen LogP contribution is 2.37. The third kappa shape index (κ3) is 2.72. The van der Waals surface area contributed by atoms with Gasteiger partial charge in [0.2, 0.25) is 0 Å². The number of aliphatic hydroxyl groups excluding tert-OH is 1. The Morgan fingerprint density at radius 1 is 1.60 bits per heavy atom. The molecule has 0 aliphatic heterocycles. The molecule has 1 rings (SSSR count). The van der Waals surface area contributed by atoms with Gasteiger partial charge in [-0.25, -0.2) is 4.79 Å². The van der Waals surface area contributed by atoms with Crippen LogP contribution in [0.4, 0.5) is 4.79 Å². The van der Waals surface area contributed by atoms with Crippen LogP contribution in [0.15, 0.2) is 12.2 Å². The molecule has 3 atom stereocenters. The van der Waals surface area contributed by atoms with Crippen LogP contribution in [0.1, 0.15) is 33.1 Å². The molecule has 0 saturated heterocycles. The Labute approximate surface area is 89.6 Å². The van der Waals surface area contributed by atoms with E-state index in [4.69, 9.17) is 9.84 Å². The number of allylic oxidation sites excluding steroid dienone is 1. The van der Waals surface area contributed by atoms with Crippen LogP contribution in [0, 0.1) is 5.92 Å². The van der Waals surface area contributed by atoms with E-state index in [-0.39, 0.29) is 5.92 Å². The summed E-state index contributed by atoms with van der Waals surface area (Å²) in [5.74, 6) is 0.269. The molecule has 1 aliphatic rings. The summed E-state index contributed by atoms with van der Waals surface area (Å²) in [6, 6.07) is 0. The van der Waals surface area contributed by atoms with Gasteiger partial charge in [-0.2, -0.15) is 0 Å². The van der Waals surface area contributed by atoms with Gasteiger partial charge in [-0.3, -0.25) is 0 Å². The number of hydrogen-bond acceptors (Lipinski definition) is 3. The number of aliphatic hydroxyl groups is 1. The Morgan fingerprint density at radius 3 is 2.60 bits per heavy atom. The fraction of sp³-hybridized carbons (Fsp3) is 0.727. The molecule has 0 spiro atoms. The second kappa shape index (κ2) is 4.23. The molecule has 0 amide bonds. The summed E-state index contributed by atoms with van der Waals surface area (Å²) in [5.41, 5.74) is 0.0732. The molecule has 0 bridgehead atoms. The van der Waals surface area contributed by atoms with Crippen LogP contribution < -0.4 is 0 Å². The maximum Gasteiger partial charge on any atom is 0.506 e. The van der Waals surface area contributed by atoms with Crippen molar-refractivity contribution in [3.63, 3.8) is 0 Å². The van der Waals surface area contributed by atoms with Gasteiger partial charge in [0, 0.05) is 0 Å². The van der Waals surface area contributed by atoms with Crippen molar-refractivity contribution in [2.45, 2.75) is 44.8 Å². The van der Waals surface area contributed by atoms with Crippen LogP contribution in [0.2, 0.25) is 0 Å². The average molecular weight is 214 g/mol. The Hall–Kier alpha value is -1.03. The molecule has 3 unspecified atom stereocenters. The highest BCUT2D eigenvalue weighted by molar-refractivity contribution is 5.57. The second-order valence-corrected chi connectivity index (χ2v) is 4.51. The highest BCUT2D eigenvalue weighted by atomic mass is 16.7. The summed E-state index contributed by atoms with van der Waals surface area (Å²) in [6.45, 7) is 7.42. The third-order valence-corrected chi connectivity index (χ3v) is 3.22. The van der Waals surface area contributed by atoms with Crippen molar-refractivity contribution >= 4 is 6.16 Å². The Bertz CT molecular complexity index is 274. The van der Waals surface area contributed by atoms with Crippen LogP contribution in [0.25, 0.3) is 0 Å². The van der Waals surface area contributed by atoms with Gasteiger partial charge in [0.05, 0.1) is 6.10 Å². The second-order valence-electron chi connectivity index (χ2n) is 4.51. The van der Waals surface area contributed by atoms with Crippen LogP contribution in [-0.4, -0.2) is 28.1 Å². The summed E-state index contributed by atoms with van der Waals surface area (Å²) >= 11 is 0. The van der Waals surface area contributed by atoms with Gasteiger partial charge < -0.3 is 14.9 Å². The number of ether oxygens (including phenoxy) is 1. The molecule has 2 N–H and O–H groups in total. The first-order valence-corrected chi connectivity index (χ1v) is 5.10. The predicted octanol–water partition coefficient (Wildman–Crippen LogP) is 2.18. The molecule has 0 aromatic carbocycles. The molecule has 0 heterocycles. The normalized spacial score (nSPS) is 35.9. The highest BCUT2D eigenvalue weighted by Gasteiger charge is 2.42. The minimum Gasteiger partial charge on any atom is -0.450 e. The first-order valence-electron chi connectivity index (χ1n) is 5.10. The molecule has 0 aromatic rings. The summed E-state index contributed by atoms with van der Waals surface area (Å²) in [4.78, 5) is 10.5. The zero-order chi connectivity index (χ0) is 11.6. The molecular weight excluding hydrogens is 196 g/mol. The Balaban J connectivity index is 2.66. The first kappa shape index (κ1) is 12.0. The van der Waals surface area contributed by atoms with E-state index in [9.17, 15) is 9.90 Å². The fourth-order valence-corrected chi connectivity index (χ4v) is 2.03. The summed E-state index contributed by atoms with van der Waals surface area (Å²) in [6.07, 6.45) is -0.192. The number of hydrogen-bond donors (Lipinski definition) is 2. The van der Waals surface area contributed by atoms with E-state index in [0.29, 0.717) is 12.8 Å². The maximum atomic E-state index is 10.5. The van der Waals surface area contributed by atoms with E-state index >= 15 is 0 Å². The molecular formula is C11H18O4. The molecule has 1 fully saturated rings. The topological polar surface area (TPSA) is 66.8 Å². The monoisotopic (exact) mass is 214 g/mol. The average Bonchev–Trinajstić information content (AvgIpc) is 2.08. The van der Waals surface area contributed by atoms with Crippen molar-refractivity contribution in [2.75, 3.05) is 0 Å². The lowest BCUT2D eigenvalue weighted by Crippen LogP contribution is -2.47. The van der Waals surface area contributed by atoms with Gasteiger partial charge in [-0.05, 0) is 39.0 Å². The molecule has 86 valence electrons.